The van der Waals surface area contributed by atoms with Gasteiger partial charge in [-0.25, -0.2) is 0 Å². The van der Waals surface area contributed by atoms with Gasteiger partial charge in [-0.05, 0) is 50.5 Å². The van der Waals surface area contributed by atoms with E-state index < -0.39 is 0 Å². The summed E-state index contributed by atoms with van der Waals surface area (Å²) < 4.78 is 5.63. The number of benzene rings is 1. The number of aryl methyl sites for hydroxylation is 1. The summed E-state index contributed by atoms with van der Waals surface area (Å²) in [6.45, 7) is 4.49. The molecule has 4 nitrogen and oxygen atoms in total. The maximum Gasteiger partial charge on any atom is 0.226 e. The zero-order valence-corrected chi connectivity index (χ0v) is 14.7. The molecule has 1 saturated heterocycles. The van der Waals surface area contributed by atoms with Gasteiger partial charge in [0.2, 0.25) is 5.91 Å². The highest BCUT2D eigenvalue weighted by atomic mass is 32.1. The molecular formula is C18H26N2O2S. The topological polar surface area (TPSA) is 41.6 Å². The first-order valence-electron chi connectivity index (χ1n) is 8.43. The van der Waals surface area contributed by atoms with Crippen molar-refractivity contribution < 1.29 is 9.53 Å². The fourth-order valence-corrected chi connectivity index (χ4v) is 2.89. The number of hydrogen-bond acceptors (Lipinski definition) is 3. The molecular weight excluding hydrogens is 308 g/mol. The second-order valence-corrected chi connectivity index (χ2v) is 6.41. The lowest BCUT2D eigenvalue weighted by atomic mass is 10.2. The van der Waals surface area contributed by atoms with Crippen LogP contribution in [0.5, 0.6) is 5.75 Å². The molecule has 1 N–H and O–H groups in total. The summed E-state index contributed by atoms with van der Waals surface area (Å²) in [6, 6.07) is 7.93. The van der Waals surface area contributed by atoms with Gasteiger partial charge in [-0.15, -0.1) is 0 Å². The van der Waals surface area contributed by atoms with Crippen LogP contribution in [0, 0.1) is 6.92 Å². The minimum atomic E-state index is -0.0215. The van der Waals surface area contributed by atoms with Gasteiger partial charge >= 0.3 is 0 Å². The van der Waals surface area contributed by atoms with E-state index in [1.54, 1.807) is 0 Å². The Morgan fingerprint density at radius 2 is 1.83 bits per heavy atom. The third-order valence-corrected chi connectivity index (χ3v) is 4.34. The second kappa shape index (κ2) is 9.50. The predicted octanol–water partition coefficient (Wildman–Crippen LogP) is 3.43. The van der Waals surface area contributed by atoms with E-state index in [1.165, 1.54) is 18.4 Å². The molecule has 1 aromatic rings. The summed E-state index contributed by atoms with van der Waals surface area (Å²) in [5, 5.41) is 3.43. The van der Waals surface area contributed by atoms with Crippen LogP contribution in [-0.4, -0.2) is 35.6 Å². The molecule has 0 aromatic heterocycles. The summed E-state index contributed by atoms with van der Waals surface area (Å²) in [5.74, 6) is 0.822. The van der Waals surface area contributed by atoms with E-state index in [-0.39, 0.29) is 5.91 Å². The summed E-state index contributed by atoms with van der Waals surface area (Å²) >= 11 is 5.34. The molecule has 0 radical (unpaired) electrons. The molecule has 1 aliphatic rings. The number of likely N-dealkylation sites (tertiary alicyclic amines) is 1. The van der Waals surface area contributed by atoms with Crippen LogP contribution >= 0.6 is 12.2 Å². The molecule has 5 heteroatoms. The van der Waals surface area contributed by atoms with Crippen LogP contribution in [0.2, 0.25) is 0 Å². The monoisotopic (exact) mass is 334 g/mol. The fraction of sp³-hybridized carbons (Fsp3) is 0.556. The van der Waals surface area contributed by atoms with E-state index in [1.807, 2.05) is 31.2 Å². The predicted molar refractivity (Wildman–Crippen MR) is 96.7 cm³/mol. The van der Waals surface area contributed by atoms with Gasteiger partial charge in [-0.2, -0.15) is 0 Å². The molecule has 0 atom stereocenters. The number of hydrogen-bond donors (Lipinski definition) is 1. The standard InChI is InChI=1S/C18H26N2O2S/c1-15-8-10-16(11-9-15)22-14-6-7-17(21)19-18(23)20-12-4-2-3-5-13-20/h8-11H,2-7,12-14H2,1H3,(H,19,21,23). The summed E-state index contributed by atoms with van der Waals surface area (Å²) in [5.41, 5.74) is 1.21. The summed E-state index contributed by atoms with van der Waals surface area (Å²) in [7, 11) is 0. The zero-order chi connectivity index (χ0) is 16.5. The van der Waals surface area contributed by atoms with E-state index in [4.69, 9.17) is 17.0 Å². The maximum atomic E-state index is 12.0. The molecule has 1 amide bonds. The highest BCUT2D eigenvalue weighted by Crippen LogP contribution is 2.12. The molecule has 1 heterocycles. The van der Waals surface area contributed by atoms with E-state index in [2.05, 4.69) is 10.2 Å². The number of thiocarbonyl (C=S) groups is 1. The van der Waals surface area contributed by atoms with Gasteiger partial charge in [-0.3, -0.25) is 4.79 Å². The number of ether oxygens (including phenoxy) is 1. The number of amides is 1. The number of rotatable bonds is 5. The molecule has 2 rings (SSSR count). The van der Waals surface area contributed by atoms with Crippen LogP contribution in [0.25, 0.3) is 0 Å². The molecule has 0 spiro atoms. The summed E-state index contributed by atoms with van der Waals surface area (Å²) in [6.07, 6.45) is 5.93. The van der Waals surface area contributed by atoms with Gasteiger partial charge in [0.1, 0.15) is 5.75 Å². The van der Waals surface area contributed by atoms with Crippen LogP contribution in [0.15, 0.2) is 24.3 Å². The maximum absolute atomic E-state index is 12.0. The minimum absolute atomic E-state index is 0.0215. The van der Waals surface area contributed by atoms with Gasteiger partial charge in [0, 0.05) is 19.5 Å². The van der Waals surface area contributed by atoms with Crippen LogP contribution in [0.3, 0.4) is 0 Å². The third-order valence-electron chi connectivity index (χ3n) is 3.98. The van der Waals surface area contributed by atoms with E-state index in [0.29, 0.717) is 24.6 Å². The lowest BCUT2D eigenvalue weighted by Gasteiger charge is -2.23. The Hall–Kier alpha value is -1.62. The largest absolute Gasteiger partial charge is 0.494 e. The molecule has 1 aromatic carbocycles. The first-order valence-corrected chi connectivity index (χ1v) is 8.84. The average Bonchev–Trinajstić information content (AvgIpc) is 2.82. The minimum Gasteiger partial charge on any atom is -0.494 e. The molecule has 126 valence electrons. The Bertz CT molecular complexity index is 508. The lowest BCUT2D eigenvalue weighted by molar-refractivity contribution is -0.120. The molecule has 1 aliphatic heterocycles. The Labute approximate surface area is 144 Å². The molecule has 0 unspecified atom stereocenters. The first-order chi connectivity index (χ1) is 11.1. The van der Waals surface area contributed by atoms with Crippen molar-refractivity contribution in [2.75, 3.05) is 19.7 Å². The third kappa shape index (κ3) is 6.57. The van der Waals surface area contributed by atoms with Gasteiger partial charge < -0.3 is 15.0 Å². The summed E-state index contributed by atoms with van der Waals surface area (Å²) in [4.78, 5) is 14.1. The number of carbonyl (C=O) groups is 1. The quantitative estimate of drug-likeness (QED) is 0.662. The van der Waals surface area contributed by atoms with Gasteiger partial charge in [0.15, 0.2) is 5.11 Å². The van der Waals surface area contributed by atoms with Gasteiger partial charge in [-0.1, -0.05) is 30.5 Å². The van der Waals surface area contributed by atoms with E-state index >= 15 is 0 Å². The van der Waals surface area contributed by atoms with Crippen molar-refractivity contribution >= 4 is 23.2 Å². The van der Waals surface area contributed by atoms with Crippen LogP contribution in [0.1, 0.15) is 44.1 Å². The van der Waals surface area contributed by atoms with Crippen LogP contribution in [0.4, 0.5) is 0 Å². The SMILES string of the molecule is Cc1ccc(OCCCC(=O)NC(=S)N2CCCCCC2)cc1. The Morgan fingerprint density at radius 3 is 2.48 bits per heavy atom. The average molecular weight is 334 g/mol. The highest BCUT2D eigenvalue weighted by molar-refractivity contribution is 7.80. The number of carbonyl (C=O) groups excluding carboxylic acids is 1. The van der Waals surface area contributed by atoms with Crippen LogP contribution < -0.4 is 10.1 Å². The first kappa shape index (κ1) is 17.7. The molecule has 0 aliphatic carbocycles. The highest BCUT2D eigenvalue weighted by Gasteiger charge is 2.14. The van der Waals surface area contributed by atoms with Crippen molar-refractivity contribution in [2.45, 2.75) is 45.4 Å². The Kier molecular flexibility index (Phi) is 7.33. The Balaban J connectivity index is 1.62. The Morgan fingerprint density at radius 1 is 1.17 bits per heavy atom. The molecule has 0 saturated carbocycles. The van der Waals surface area contributed by atoms with E-state index in [9.17, 15) is 4.79 Å². The lowest BCUT2D eigenvalue weighted by Crippen LogP contribution is -2.43. The normalized spacial score (nSPS) is 14.9. The zero-order valence-electron chi connectivity index (χ0n) is 13.8. The molecule has 1 fully saturated rings. The number of nitrogens with one attached hydrogen (secondary N) is 1. The van der Waals surface area contributed by atoms with E-state index in [0.717, 1.165) is 31.7 Å². The van der Waals surface area contributed by atoms with Crippen LogP contribution in [-0.2, 0) is 4.79 Å². The van der Waals surface area contributed by atoms with Crippen molar-refractivity contribution in [3.8, 4) is 5.75 Å². The second-order valence-electron chi connectivity index (χ2n) is 6.02. The molecule has 23 heavy (non-hydrogen) atoms. The fourth-order valence-electron chi connectivity index (χ4n) is 2.59. The smallest absolute Gasteiger partial charge is 0.226 e. The molecule has 0 bridgehead atoms. The number of nitrogens with zero attached hydrogens (tertiary/aromatic N) is 1. The van der Waals surface area contributed by atoms with Crippen molar-refractivity contribution in [2.24, 2.45) is 0 Å². The van der Waals surface area contributed by atoms with Crippen molar-refractivity contribution in [1.29, 1.82) is 0 Å². The van der Waals surface area contributed by atoms with Crippen molar-refractivity contribution in [3.05, 3.63) is 29.8 Å². The van der Waals surface area contributed by atoms with Gasteiger partial charge in [0.25, 0.3) is 0 Å². The van der Waals surface area contributed by atoms with Crippen molar-refractivity contribution in [1.82, 2.24) is 10.2 Å². The van der Waals surface area contributed by atoms with Crippen molar-refractivity contribution in [3.63, 3.8) is 0 Å². The van der Waals surface area contributed by atoms with Gasteiger partial charge in [0.05, 0.1) is 6.61 Å².